The van der Waals surface area contributed by atoms with Gasteiger partial charge in [0.1, 0.15) is 6.61 Å². The van der Waals surface area contributed by atoms with Gasteiger partial charge in [-0.1, -0.05) is 43.7 Å². The van der Waals surface area contributed by atoms with Gasteiger partial charge < -0.3 is 14.6 Å². The lowest BCUT2D eigenvalue weighted by molar-refractivity contribution is -0.143. The van der Waals surface area contributed by atoms with Crippen LogP contribution >= 0.6 is 0 Å². The van der Waals surface area contributed by atoms with Crippen molar-refractivity contribution in [3.63, 3.8) is 0 Å². The van der Waals surface area contributed by atoms with Crippen LogP contribution in [0.15, 0.2) is 87.0 Å². The summed E-state index contributed by atoms with van der Waals surface area (Å²) in [5, 5.41) is 19.4. The van der Waals surface area contributed by atoms with E-state index in [1.807, 2.05) is 27.7 Å². The Bertz CT molecular complexity index is 2000. The molecule has 2 aromatic rings. The maximum absolute atomic E-state index is 14.4. The molecule has 2 unspecified atom stereocenters. The van der Waals surface area contributed by atoms with Crippen molar-refractivity contribution in [2.75, 3.05) is 13.2 Å². The van der Waals surface area contributed by atoms with Crippen LogP contribution < -0.4 is 0 Å². The van der Waals surface area contributed by atoms with Crippen LogP contribution in [0.4, 0.5) is 13.2 Å². The minimum Gasteiger partial charge on any atom is -0.481 e. The van der Waals surface area contributed by atoms with Gasteiger partial charge in [0.2, 0.25) is 0 Å². The summed E-state index contributed by atoms with van der Waals surface area (Å²) < 4.78 is 53.9. The van der Waals surface area contributed by atoms with Crippen LogP contribution in [0.3, 0.4) is 0 Å². The summed E-state index contributed by atoms with van der Waals surface area (Å²) >= 11 is 0. The van der Waals surface area contributed by atoms with Crippen molar-refractivity contribution in [1.29, 1.82) is 5.26 Å². The first-order valence-corrected chi connectivity index (χ1v) is 16.8. The zero-order valence-electron chi connectivity index (χ0n) is 30.1. The molecule has 0 saturated carbocycles. The molecule has 0 amide bonds. The van der Waals surface area contributed by atoms with Crippen LogP contribution in [0.25, 0.3) is 11.1 Å². The summed E-state index contributed by atoms with van der Waals surface area (Å²) in [5.74, 6) is -3.49. The minimum absolute atomic E-state index is 0.0515. The molecule has 10 heteroatoms. The summed E-state index contributed by atoms with van der Waals surface area (Å²) in [5.41, 5.74) is 6.36. The topological polar surface area (TPSA) is 114 Å². The molecule has 2 aromatic carbocycles. The predicted octanol–water partition coefficient (Wildman–Crippen LogP) is 9.60. The zero-order chi connectivity index (χ0) is 37.9. The van der Waals surface area contributed by atoms with Gasteiger partial charge in [-0.2, -0.15) is 18.4 Å². The molecule has 0 bridgehead atoms. The molecule has 7 nitrogen and oxygen atoms in total. The molecule has 0 heterocycles. The summed E-state index contributed by atoms with van der Waals surface area (Å²) in [6.45, 7) is 14.3. The molecule has 1 N–H and O–H groups in total. The third kappa shape index (κ3) is 7.48. The van der Waals surface area contributed by atoms with Gasteiger partial charge in [0.15, 0.2) is 0 Å². The summed E-state index contributed by atoms with van der Waals surface area (Å²) in [6, 6.07) is 12.9. The third-order valence-corrected chi connectivity index (χ3v) is 9.62. The van der Waals surface area contributed by atoms with Crippen molar-refractivity contribution in [2.24, 2.45) is 11.8 Å². The third-order valence-electron chi connectivity index (χ3n) is 9.62. The van der Waals surface area contributed by atoms with Crippen molar-refractivity contribution in [1.82, 2.24) is 0 Å². The van der Waals surface area contributed by atoms with E-state index < -0.39 is 41.5 Å². The molecule has 2 aliphatic carbocycles. The highest BCUT2D eigenvalue weighted by Gasteiger charge is 2.40. The van der Waals surface area contributed by atoms with Gasteiger partial charge in [-0.25, -0.2) is 9.59 Å². The molecule has 0 radical (unpaired) electrons. The number of nitrogens with zero attached hydrogens (tertiary/aromatic N) is 1. The molecule has 4 rings (SSSR count). The first-order valence-electron chi connectivity index (χ1n) is 16.8. The number of benzene rings is 2. The van der Waals surface area contributed by atoms with E-state index in [4.69, 9.17) is 14.6 Å². The van der Waals surface area contributed by atoms with Crippen LogP contribution in [-0.2, 0) is 25.2 Å². The molecule has 2 atom stereocenters. The molecular formula is C41H42F3NO6. The normalized spacial score (nSPS) is 18.0. The minimum atomic E-state index is -4.60. The number of aryl methyl sites for hydroxylation is 1. The van der Waals surface area contributed by atoms with E-state index in [1.165, 1.54) is 12.1 Å². The number of ether oxygens (including phenoxy) is 2. The SMILES string of the molecule is CCCOC(=O)c1ccc(/C(C2=C(C)C(c3ccccc3C(F)(F)F)=C(C)C2C)=C2\C(C)=C(C(=O)OCCC(=O)O)C(C)=C2C(C)C#N)c(C)c1. The number of rotatable bonds is 11. The average molecular weight is 702 g/mol. The van der Waals surface area contributed by atoms with E-state index in [0.29, 0.717) is 67.7 Å². The highest BCUT2D eigenvalue weighted by atomic mass is 19.4. The van der Waals surface area contributed by atoms with Crippen molar-refractivity contribution in [3.05, 3.63) is 115 Å². The summed E-state index contributed by atoms with van der Waals surface area (Å²) in [7, 11) is 0. The Balaban J connectivity index is 2.12. The molecule has 0 aliphatic heterocycles. The van der Waals surface area contributed by atoms with Crippen LogP contribution in [-0.4, -0.2) is 36.2 Å². The van der Waals surface area contributed by atoms with Gasteiger partial charge in [-0.05, 0) is 127 Å². The Kier molecular flexibility index (Phi) is 11.6. The predicted molar refractivity (Wildman–Crippen MR) is 188 cm³/mol. The van der Waals surface area contributed by atoms with Gasteiger partial charge in [0.25, 0.3) is 0 Å². The molecule has 0 saturated heterocycles. The van der Waals surface area contributed by atoms with E-state index in [0.717, 1.165) is 11.6 Å². The molecule has 51 heavy (non-hydrogen) atoms. The summed E-state index contributed by atoms with van der Waals surface area (Å²) in [6.07, 6.45) is -4.35. The first-order chi connectivity index (χ1) is 24.0. The maximum atomic E-state index is 14.4. The fraction of sp³-hybridized carbons (Fsp3) is 0.366. The Morgan fingerprint density at radius 2 is 1.59 bits per heavy atom. The van der Waals surface area contributed by atoms with Gasteiger partial charge >= 0.3 is 24.1 Å². The van der Waals surface area contributed by atoms with Gasteiger partial charge in [-0.3, -0.25) is 4.79 Å². The number of carbonyl (C=O) groups is 3. The number of carboxylic acids is 1. The van der Waals surface area contributed by atoms with Crippen LogP contribution in [0.2, 0.25) is 0 Å². The number of carbonyl (C=O) groups excluding carboxylic acids is 2. The maximum Gasteiger partial charge on any atom is 0.417 e. The number of hydrogen-bond donors (Lipinski definition) is 1. The van der Waals surface area contributed by atoms with Crippen molar-refractivity contribution >= 4 is 29.1 Å². The molecule has 0 spiro atoms. The Morgan fingerprint density at radius 3 is 2.18 bits per heavy atom. The van der Waals surface area contributed by atoms with E-state index in [-0.39, 0.29) is 30.8 Å². The van der Waals surface area contributed by atoms with E-state index >= 15 is 0 Å². The Labute approximate surface area is 296 Å². The average Bonchev–Trinajstić information content (AvgIpc) is 3.46. The lowest BCUT2D eigenvalue weighted by Gasteiger charge is -2.25. The molecule has 2 aliphatic rings. The van der Waals surface area contributed by atoms with Crippen LogP contribution in [0.1, 0.15) is 93.9 Å². The standard InChI is InChI=1S/C41H42F3NO6/c1-9-17-50-39(48)28-14-15-29(21(2)19-28)38(35-24(5)23(4)34(26(35)7)30-12-10-11-13-31(30)41(42,43)44)37-27(8)36(25(6)33(37)22(3)20-45)40(49)51-18-16-32(46)47/h10-15,19,22,24H,9,16-18H2,1-8H3,(H,46,47)/b38-37-. The van der Waals surface area contributed by atoms with Gasteiger partial charge in [0, 0.05) is 5.92 Å². The van der Waals surface area contributed by atoms with E-state index in [1.54, 1.807) is 52.0 Å². The number of allylic oxidation sites excluding steroid dienone is 8. The van der Waals surface area contributed by atoms with E-state index in [2.05, 4.69) is 6.07 Å². The number of hydrogen-bond acceptors (Lipinski definition) is 6. The number of alkyl halides is 3. The number of esters is 2. The highest BCUT2D eigenvalue weighted by molar-refractivity contribution is 6.04. The number of nitriles is 1. The highest BCUT2D eigenvalue weighted by Crippen LogP contribution is 2.54. The fourth-order valence-electron chi connectivity index (χ4n) is 7.19. The monoisotopic (exact) mass is 701 g/mol. The second-order valence-electron chi connectivity index (χ2n) is 12.9. The van der Waals surface area contributed by atoms with Crippen LogP contribution in [0.5, 0.6) is 0 Å². The second-order valence-corrected chi connectivity index (χ2v) is 12.9. The lowest BCUT2D eigenvalue weighted by Crippen LogP contribution is -2.12. The summed E-state index contributed by atoms with van der Waals surface area (Å²) in [4.78, 5) is 37.6. The molecule has 0 fully saturated rings. The zero-order valence-corrected chi connectivity index (χ0v) is 30.1. The Morgan fingerprint density at radius 1 is 0.941 bits per heavy atom. The largest absolute Gasteiger partial charge is 0.481 e. The second kappa shape index (κ2) is 15.4. The van der Waals surface area contributed by atoms with Crippen molar-refractivity contribution < 1.29 is 42.1 Å². The van der Waals surface area contributed by atoms with Gasteiger partial charge in [-0.15, -0.1) is 0 Å². The molecule has 268 valence electrons. The van der Waals surface area contributed by atoms with Gasteiger partial charge in [0.05, 0.1) is 41.7 Å². The Hall–Kier alpha value is -5.17. The number of halogens is 3. The quantitative estimate of drug-likeness (QED) is 0.232. The van der Waals surface area contributed by atoms with Crippen molar-refractivity contribution in [3.8, 4) is 6.07 Å². The number of carboxylic acid groups (broad SMARTS) is 1. The first kappa shape index (κ1) is 38.6. The smallest absolute Gasteiger partial charge is 0.417 e. The number of aliphatic carboxylic acids is 1. The van der Waals surface area contributed by atoms with Crippen molar-refractivity contribution in [2.45, 2.75) is 74.4 Å². The van der Waals surface area contributed by atoms with E-state index in [9.17, 15) is 32.8 Å². The lowest BCUT2D eigenvalue weighted by atomic mass is 9.78. The fourth-order valence-corrected chi connectivity index (χ4v) is 7.19. The molecule has 0 aromatic heterocycles. The molecular weight excluding hydrogens is 659 g/mol. The van der Waals surface area contributed by atoms with Crippen LogP contribution in [0, 0.1) is 30.1 Å².